The van der Waals surface area contributed by atoms with Crippen molar-refractivity contribution >= 4 is 17.4 Å². The first-order valence-corrected chi connectivity index (χ1v) is 7.00. The molecule has 1 aromatic heterocycles. The van der Waals surface area contributed by atoms with Gasteiger partial charge in [0.15, 0.2) is 11.6 Å². The molecule has 0 amide bonds. The summed E-state index contributed by atoms with van der Waals surface area (Å²) < 4.78 is 26.6. The lowest BCUT2D eigenvalue weighted by atomic mass is 9.98. The van der Waals surface area contributed by atoms with Crippen LogP contribution >= 0.6 is 11.6 Å². The molecule has 3 nitrogen and oxygen atoms in total. The van der Waals surface area contributed by atoms with Crippen molar-refractivity contribution < 1.29 is 8.78 Å². The van der Waals surface area contributed by atoms with Gasteiger partial charge < -0.3 is 11.1 Å². The molecule has 0 aliphatic heterocycles. The second kappa shape index (κ2) is 6.83. The van der Waals surface area contributed by atoms with Gasteiger partial charge in [0.2, 0.25) is 0 Å². The summed E-state index contributed by atoms with van der Waals surface area (Å²) in [6.45, 7) is 2.70. The van der Waals surface area contributed by atoms with Crippen molar-refractivity contribution in [2.24, 2.45) is 0 Å². The normalized spacial score (nSPS) is 12.4. The molecule has 0 aliphatic carbocycles. The van der Waals surface area contributed by atoms with E-state index in [0.717, 1.165) is 18.6 Å². The van der Waals surface area contributed by atoms with Gasteiger partial charge in [-0.3, -0.25) is 0 Å². The lowest BCUT2D eigenvalue weighted by Crippen LogP contribution is -2.24. The molecule has 2 aromatic rings. The highest BCUT2D eigenvalue weighted by molar-refractivity contribution is 6.30. The first kappa shape index (κ1) is 15.7. The lowest BCUT2D eigenvalue weighted by Gasteiger charge is -2.21. The average Bonchev–Trinajstić information content (AvgIpc) is 2.46. The Morgan fingerprint density at radius 1 is 1.29 bits per heavy atom. The third-order valence-corrected chi connectivity index (χ3v) is 3.31. The van der Waals surface area contributed by atoms with Gasteiger partial charge in [0.1, 0.15) is 5.82 Å². The number of benzene rings is 1. The Morgan fingerprint density at radius 2 is 2.05 bits per heavy atom. The topological polar surface area (TPSA) is 50.9 Å². The predicted molar refractivity (Wildman–Crippen MR) is 80.2 cm³/mol. The fourth-order valence-electron chi connectivity index (χ4n) is 2.08. The van der Waals surface area contributed by atoms with Gasteiger partial charge in [0.25, 0.3) is 0 Å². The fraction of sp³-hybridized carbons (Fsp3) is 0.267. The molecule has 3 N–H and O–H groups in total. The molecule has 0 fully saturated rings. The van der Waals surface area contributed by atoms with Crippen molar-refractivity contribution in [1.29, 1.82) is 0 Å². The Balaban J connectivity index is 2.46. The lowest BCUT2D eigenvalue weighted by molar-refractivity contribution is 0.503. The Morgan fingerprint density at radius 3 is 2.71 bits per heavy atom. The molecular formula is C15H16ClF2N3. The van der Waals surface area contributed by atoms with Crippen molar-refractivity contribution in [2.75, 3.05) is 12.3 Å². The second-order valence-corrected chi connectivity index (χ2v) is 5.13. The summed E-state index contributed by atoms with van der Waals surface area (Å²) in [5, 5.41) is 3.68. The standard InChI is InChI=1S/C15H16ClF2N3/c1-2-5-20-14(9-3-4-12(17)13(18)6-9)11-7-10(16)8-21-15(11)19/h3-4,6-8,14,20H,2,5H2,1H3,(H2,19,21). The number of nitrogens with two attached hydrogens (primary N) is 1. The molecule has 0 bridgehead atoms. The summed E-state index contributed by atoms with van der Waals surface area (Å²) in [6.07, 6.45) is 2.33. The van der Waals surface area contributed by atoms with Crippen LogP contribution in [0.15, 0.2) is 30.5 Å². The van der Waals surface area contributed by atoms with Crippen LogP contribution < -0.4 is 11.1 Å². The van der Waals surface area contributed by atoms with Crippen molar-refractivity contribution in [3.63, 3.8) is 0 Å². The highest BCUT2D eigenvalue weighted by Crippen LogP contribution is 2.28. The van der Waals surface area contributed by atoms with Gasteiger partial charge in [0.05, 0.1) is 11.1 Å². The van der Waals surface area contributed by atoms with Gasteiger partial charge in [-0.25, -0.2) is 13.8 Å². The first-order valence-electron chi connectivity index (χ1n) is 6.62. The third kappa shape index (κ3) is 3.68. The highest BCUT2D eigenvalue weighted by atomic mass is 35.5. The molecule has 21 heavy (non-hydrogen) atoms. The number of nitrogens with zero attached hydrogens (tertiary/aromatic N) is 1. The number of halogens is 3. The number of nitrogens with one attached hydrogen (secondary N) is 1. The first-order chi connectivity index (χ1) is 10.0. The molecule has 1 atom stereocenters. The molecule has 1 unspecified atom stereocenters. The summed E-state index contributed by atoms with van der Waals surface area (Å²) in [5.41, 5.74) is 7.10. The number of hydrogen-bond donors (Lipinski definition) is 2. The van der Waals surface area contributed by atoms with E-state index in [-0.39, 0.29) is 0 Å². The van der Waals surface area contributed by atoms with Gasteiger partial charge in [-0.2, -0.15) is 0 Å². The van der Waals surface area contributed by atoms with Crippen molar-refractivity contribution in [3.8, 4) is 0 Å². The van der Waals surface area contributed by atoms with E-state index in [1.807, 2.05) is 6.92 Å². The molecule has 6 heteroatoms. The van der Waals surface area contributed by atoms with E-state index >= 15 is 0 Å². The van der Waals surface area contributed by atoms with E-state index in [1.54, 1.807) is 6.07 Å². The molecule has 1 aromatic carbocycles. The number of aromatic nitrogens is 1. The van der Waals surface area contributed by atoms with Gasteiger partial charge in [-0.1, -0.05) is 24.6 Å². The zero-order valence-corrected chi connectivity index (χ0v) is 12.3. The Bertz CT molecular complexity index is 634. The van der Waals surface area contributed by atoms with Crippen LogP contribution in [-0.2, 0) is 0 Å². The van der Waals surface area contributed by atoms with Gasteiger partial charge in [0, 0.05) is 11.8 Å². The fourth-order valence-corrected chi connectivity index (χ4v) is 2.25. The number of anilines is 1. The van der Waals surface area contributed by atoms with Crippen molar-refractivity contribution in [1.82, 2.24) is 10.3 Å². The largest absolute Gasteiger partial charge is 0.383 e. The van der Waals surface area contributed by atoms with E-state index in [1.165, 1.54) is 12.3 Å². The SMILES string of the molecule is CCCNC(c1ccc(F)c(F)c1)c1cc(Cl)cnc1N. The van der Waals surface area contributed by atoms with Crippen molar-refractivity contribution in [2.45, 2.75) is 19.4 Å². The highest BCUT2D eigenvalue weighted by Gasteiger charge is 2.19. The third-order valence-electron chi connectivity index (χ3n) is 3.10. The Kier molecular flexibility index (Phi) is 5.09. The number of nitrogen functional groups attached to an aromatic ring is 1. The molecule has 0 saturated carbocycles. The minimum Gasteiger partial charge on any atom is -0.383 e. The molecule has 0 spiro atoms. The van der Waals surface area contributed by atoms with Crippen LogP contribution in [0.25, 0.3) is 0 Å². The van der Waals surface area contributed by atoms with Crippen LogP contribution in [0.1, 0.15) is 30.5 Å². The number of pyridine rings is 1. The van der Waals surface area contributed by atoms with Crippen molar-refractivity contribution in [3.05, 3.63) is 58.2 Å². The average molecular weight is 312 g/mol. The van der Waals surface area contributed by atoms with Crippen LogP contribution in [0, 0.1) is 11.6 Å². The summed E-state index contributed by atoms with van der Waals surface area (Å²) in [5.74, 6) is -1.48. The van der Waals surface area contributed by atoms with E-state index in [0.29, 0.717) is 28.5 Å². The zero-order chi connectivity index (χ0) is 15.4. The van der Waals surface area contributed by atoms with Crippen LogP contribution in [0.5, 0.6) is 0 Å². The molecule has 112 valence electrons. The van der Waals surface area contributed by atoms with E-state index in [4.69, 9.17) is 17.3 Å². The summed E-state index contributed by atoms with van der Waals surface area (Å²) in [4.78, 5) is 4.01. The minimum absolute atomic E-state index is 0.303. The predicted octanol–water partition coefficient (Wildman–Crippen LogP) is 3.68. The van der Waals surface area contributed by atoms with Gasteiger partial charge in [-0.05, 0) is 36.7 Å². The molecular weight excluding hydrogens is 296 g/mol. The maximum Gasteiger partial charge on any atom is 0.159 e. The minimum atomic E-state index is -0.899. The summed E-state index contributed by atoms with van der Waals surface area (Å²) in [7, 11) is 0. The maximum absolute atomic E-state index is 13.5. The summed E-state index contributed by atoms with van der Waals surface area (Å²) in [6, 6.07) is 5.05. The smallest absolute Gasteiger partial charge is 0.159 e. The molecule has 1 heterocycles. The molecule has 0 radical (unpaired) electrons. The summed E-state index contributed by atoms with van der Waals surface area (Å²) >= 11 is 5.96. The van der Waals surface area contributed by atoms with Crippen LogP contribution in [-0.4, -0.2) is 11.5 Å². The van der Waals surface area contributed by atoms with Gasteiger partial charge >= 0.3 is 0 Å². The van der Waals surface area contributed by atoms with Crippen LogP contribution in [0.3, 0.4) is 0 Å². The molecule has 2 rings (SSSR count). The van der Waals surface area contributed by atoms with E-state index < -0.39 is 17.7 Å². The van der Waals surface area contributed by atoms with E-state index in [2.05, 4.69) is 10.3 Å². The molecule has 0 aliphatic rings. The maximum atomic E-state index is 13.5. The number of hydrogen-bond acceptors (Lipinski definition) is 3. The Hall–Kier alpha value is -1.72. The number of rotatable bonds is 5. The molecule has 0 saturated heterocycles. The Labute approximate surface area is 127 Å². The quantitative estimate of drug-likeness (QED) is 0.885. The van der Waals surface area contributed by atoms with Crippen LogP contribution in [0.4, 0.5) is 14.6 Å². The van der Waals surface area contributed by atoms with Crippen LogP contribution in [0.2, 0.25) is 5.02 Å². The second-order valence-electron chi connectivity index (χ2n) is 4.69. The monoisotopic (exact) mass is 311 g/mol. The van der Waals surface area contributed by atoms with Gasteiger partial charge in [-0.15, -0.1) is 0 Å². The van der Waals surface area contributed by atoms with E-state index in [9.17, 15) is 8.78 Å². The zero-order valence-electron chi connectivity index (χ0n) is 11.5.